The van der Waals surface area contributed by atoms with E-state index >= 15 is 0 Å². The Bertz CT molecular complexity index is 1440. The minimum atomic E-state index is -1.00. The van der Waals surface area contributed by atoms with Gasteiger partial charge in [0.25, 0.3) is 5.56 Å². The van der Waals surface area contributed by atoms with Gasteiger partial charge in [0.15, 0.2) is 0 Å². The van der Waals surface area contributed by atoms with Crippen LogP contribution in [0.4, 0.5) is 0 Å². The van der Waals surface area contributed by atoms with Crippen LogP contribution in [0.5, 0.6) is 0 Å². The normalized spacial score (nSPS) is 11.4. The first-order valence-electron chi connectivity index (χ1n) is 9.18. The maximum absolute atomic E-state index is 12.6. The first-order valence-corrected chi connectivity index (χ1v) is 9.18. The van der Waals surface area contributed by atoms with E-state index in [0.29, 0.717) is 22.2 Å². The molecule has 2 heterocycles. The number of aromatic carboxylic acids is 1. The number of fused-ring (bicyclic) bond motifs is 1. The number of hydrogen-bond donors (Lipinski definition) is 2. The van der Waals surface area contributed by atoms with E-state index in [4.69, 9.17) is 0 Å². The van der Waals surface area contributed by atoms with E-state index in [2.05, 4.69) is 10.1 Å². The van der Waals surface area contributed by atoms with Gasteiger partial charge in [0.1, 0.15) is 0 Å². The fourth-order valence-electron chi connectivity index (χ4n) is 3.47. The van der Waals surface area contributed by atoms with Crippen LogP contribution in [0.25, 0.3) is 16.6 Å². The Morgan fingerprint density at radius 1 is 1.07 bits per heavy atom. The third-order valence-electron chi connectivity index (χ3n) is 4.92. The maximum atomic E-state index is 12.6. The van der Waals surface area contributed by atoms with Gasteiger partial charge in [-0.05, 0) is 50.2 Å². The zero-order chi connectivity index (χ0) is 21.4. The molecule has 0 saturated heterocycles. The van der Waals surface area contributed by atoms with Crippen LogP contribution in [-0.2, 0) is 0 Å². The standard InChI is InChI=1S/C22H18N4O4/c1-13-10-16(14(2)25(13)17-7-5-6-15(11-17)21(28)29)12-23-26-20(27)18-8-3-4-9-19(18)24-22(26)30/h3-12H,1-2H3,(H,24,30)(H,28,29). The monoisotopic (exact) mass is 402 g/mol. The van der Waals surface area contributed by atoms with Crippen molar-refractivity contribution in [2.24, 2.45) is 5.10 Å². The number of H-pyrrole nitrogens is 1. The van der Waals surface area contributed by atoms with E-state index in [1.165, 1.54) is 12.3 Å². The molecule has 0 spiro atoms. The molecule has 0 amide bonds. The number of carboxylic acids is 1. The first kappa shape index (κ1) is 19.1. The van der Waals surface area contributed by atoms with Gasteiger partial charge in [-0.1, -0.05) is 18.2 Å². The van der Waals surface area contributed by atoms with Gasteiger partial charge in [0.2, 0.25) is 0 Å². The van der Waals surface area contributed by atoms with Gasteiger partial charge in [0, 0.05) is 22.6 Å². The molecular weight excluding hydrogens is 384 g/mol. The predicted octanol–water partition coefficient (Wildman–Crippen LogP) is 2.68. The smallest absolute Gasteiger partial charge is 0.349 e. The van der Waals surface area contributed by atoms with Gasteiger partial charge < -0.3 is 14.7 Å². The van der Waals surface area contributed by atoms with E-state index in [1.54, 1.807) is 36.4 Å². The summed E-state index contributed by atoms with van der Waals surface area (Å²) in [7, 11) is 0. The van der Waals surface area contributed by atoms with Crippen molar-refractivity contribution >= 4 is 23.1 Å². The molecule has 0 radical (unpaired) electrons. The molecule has 8 heteroatoms. The van der Waals surface area contributed by atoms with Crippen LogP contribution in [0.3, 0.4) is 0 Å². The number of nitrogens with zero attached hydrogens (tertiary/aromatic N) is 3. The molecule has 4 rings (SSSR count). The number of carboxylic acid groups (broad SMARTS) is 1. The molecule has 150 valence electrons. The number of carbonyl (C=O) groups is 1. The van der Waals surface area contributed by atoms with Crippen LogP contribution < -0.4 is 11.2 Å². The van der Waals surface area contributed by atoms with Crippen molar-refractivity contribution < 1.29 is 9.90 Å². The Morgan fingerprint density at radius 3 is 2.60 bits per heavy atom. The third kappa shape index (κ3) is 3.24. The van der Waals surface area contributed by atoms with E-state index in [0.717, 1.165) is 16.1 Å². The molecule has 0 bridgehead atoms. The summed E-state index contributed by atoms with van der Waals surface area (Å²) in [5.41, 5.74) is 2.56. The van der Waals surface area contributed by atoms with Crippen LogP contribution in [0.2, 0.25) is 0 Å². The van der Waals surface area contributed by atoms with E-state index < -0.39 is 17.2 Å². The number of aryl methyl sites for hydroxylation is 1. The zero-order valence-electron chi connectivity index (χ0n) is 16.3. The Morgan fingerprint density at radius 2 is 1.83 bits per heavy atom. The molecule has 0 aliphatic carbocycles. The summed E-state index contributed by atoms with van der Waals surface area (Å²) in [6.45, 7) is 3.74. The fraction of sp³-hybridized carbons (Fsp3) is 0.0909. The van der Waals surface area contributed by atoms with Crippen LogP contribution in [-0.4, -0.2) is 31.5 Å². The molecule has 0 unspecified atom stereocenters. The lowest BCUT2D eigenvalue weighted by Crippen LogP contribution is -2.32. The Kier molecular flexibility index (Phi) is 4.67. The second-order valence-corrected chi connectivity index (χ2v) is 6.85. The lowest BCUT2D eigenvalue weighted by molar-refractivity contribution is 0.0697. The highest BCUT2D eigenvalue weighted by atomic mass is 16.4. The quantitative estimate of drug-likeness (QED) is 0.512. The van der Waals surface area contributed by atoms with E-state index in [1.807, 2.05) is 30.5 Å². The molecule has 0 fully saturated rings. The summed E-state index contributed by atoms with van der Waals surface area (Å²) in [6, 6.07) is 15.2. The third-order valence-corrected chi connectivity index (χ3v) is 4.92. The van der Waals surface area contributed by atoms with Crippen LogP contribution >= 0.6 is 0 Å². The molecule has 0 atom stereocenters. The van der Waals surface area contributed by atoms with Crippen molar-refractivity contribution in [3.8, 4) is 5.69 Å². The molecule has 4 aromatic rings. The highest BCUT2D eigenvalue weighted by Crippen LogP contribution is 2.20. The van der Waals surface area contributed by atoms with Crippen molar-refractivity contribution in [1.82, 2.24) is 14.2 Å². The van der Waals surface area contributed by atoms with Crippen molar-refractivity contribution in [3.63, 3.8) is 0 Å². The number of benzene rings is 2. The summed E-state index contributed by atoms with van der Waals surface area (Å²) in [6.07, 6.45) is 1.45. The minimum absolute atomic E-state index is 0.185. The van der Waals surface area contributed by atoms with Crippen molar-refractivity contribution in [2.75, 3.05) is 0 Å². The van der Waals surface area contributed by atoms with E-state index in [9.17, 15) is 19.5 Å². The van der Waals surface area contributed by atoms with Crippen LogP contribution in [0.15, 0.2) is 69.3 Å². The highest BCUT2D eigenvalue weighted by molar-refractivity contribution is 5.88. The average molecular weight is 402 g/mol. The predicted molar refractivity (Wildman–Crippen MR) is 114 cm³/mol. The van der Waals surface area contributed by atoms with Gasteiger partial charge in [-0.25, -0.2) is 9.59 Å². The van der Waals surface area contributed by atoms with Crippen molar-refractivity contribution in [2.45, 2.75) is 13.8 Å². The van der Waals surface area contributed by atoms with Crippen molar-refractivity contribution in [3.05, 3.63) is 98.0 Å². The molecule has 0 aliphatic rings. The Balaban J connectivity index is 1.78. The lowest BCUT2D eigenvalue weighted by Gasteiger charge is -2.10. The maximum Gasteiger partial charge on any atom is 0.349 e. The summed E-state index contributed by atoms with van der Waals surface area (Å²) in [5.74, 6) is -1.00. The number of nitrogens with one attached hydrogen (secondary N) is 1. The molecule has 0 saturated carbocycles. The number of aromatic nitrogens is 3. The zero-order valence-corrected chi connectivity index (χ0v) is 16.3. The van der Waals surface area contributed by atoms with Gasteiger partial charge in [0.05, 0.1) is 22.7 Å². The Hall–Kier alpha value is -4.20. The largest absolute Gasteiger partial charge is 0.478 e. The average Bonchev–Trinajstić information content (AvgIpc) is 3.01. The summed E-state index contributed by atoms with van der Waals surface area (Å²) >= 11 is 0. The van der Waals surface area contributed by atoms with E-state index in [-0.39, 0.29) is 5.56 Å². The summed E-state index contributed by atoms with van der Waals surface area (Å²) in [5, 5.41) is 13.7. The van der Waals surface area contributed by atoms with Crippen molar-refractivity contribution in [1.29, 1.82) is 0 Å². The number of hydrogen-bond acceptors (Lipinski definition) is 4. The molecular formula is C22H18N4O4. The molecule has 2 aromatic carbocycles. The SMILES string of the molecule is Cc1cc(C=Nn2c(=O)[nH]c3ccccc3c2=O)c(C)n1-c1cccc(C(=O)O)c1. The van der Waals surface area contributed by atoms with Gasteiger partial charge in [-0.2, -0.15) is 5.10 Å². The molecule has 30 heavy (non-hydrogen) atoms. The number of para-hydroxylation sites is 1. The fourth-order valence-corrected chi connectivity index (χ4v) is 3.47. The summed E-state index contributed by atoms with van der Waals surface area (Å²) < 4.78 is 2.68. The van der Waals surface area contributed by atoms with Gasteiger partial charge in [-0.15, -0.1) is 4.68 Å². The highest BCUT2D eigenvalue weighted by Gasteiger charge is 2.12. The number of aromatic amines is 1. The molecule has 8 nitrogen and oxygen atoms in total. The van der Waals surface area contributed by atoms with Gasteiger partial charge in [-0.3, -0.25) is 4.79 Å². The van der Waals surface area contributed by atoms with Crippen LogP contribution in [0.1, 0.15) is 27.3 Å². The molecule has 2 N–H and O–H groups in total. The lowest BCUT2D eigenvalue weighted by atomic mass is 10.2. The first-order chi connectivity index (χ1) is 14.4. The second kappa shape index (κ2) is 7.32. The topological polar surface area (TPSA) is 109 Å². The summed E-state index contributed by atoms with van der Waals surface area (Å²) in [4.78, 5) is 38.8. The molecule has 0 aliphatic heterocycles. The second-order valence-electron chi connectivity index (χ2n) is 6.85. The minimum Gasteiger partial charge on any atom is -0.478 e. The number of rotatable bonds is 4. The Labute approximate surface area is 170 Å². The van der Waals surface area contributed by atoms with Gasteiger partial charge >= 0.3 is 11.7 Å². The molecule has 2 aromatic heterocycles. The van der Waals surface area contributed by atoms with Crippen LogP contribution in [0, 0.1) is 13.8 Å².